The number of H-pyrrole nitrogens is 2. The van der Waals surface area contributed by atoms with Crippen LogP contribution < -0.4 is 5.32 Å². The van der Waals surface area contributed by atoms with Crippen molar-refractivity contribution in [1.29, 1.82) is 0 Å². The van der Waals surface area contributed by atoms with Crippen LogP contribution in [0.25, 0.3) is 55.8 Å². The van der Waals surface area contributed by atoms with E-state index < -0.39 is 12.0 Å². The summed E-state index contributed by atoms with van der Waals surface area (Å²) in [5.41, 5.74) is 5.79. The number of aromatic nitrogens is 7. The van der Waals surface area contributed by atoms with Crippen molar-refractivity contribution in [2.75, 3.05) is 5.32 Å². The molecule has 1 aliphatic rings. The molecule has 206 valence electrons. The van der Waals surface area contributed by atoms with Crippen molar-refractivity contribution in [2.24, 2.45) is 5.92 Å². The average molecular weight is 551 g/mol. The van der Waals surface area contributed by atoms with E-state index in [4.69, 9.17) is 4.98 Å². The third-order valence-corrected chi connectivity index (χ3v) is 7.70. The van der Waals surface area contributed by atoms with E-state index in [1.807, 2.05) is 12.1 Å². The Morgan fingerprint density at radius 3 is 2.61 bits per heavy atom. The van der Waals surface area contributed by atoms with Gasteiger partial charge in [-0.15, -0.1) is 0 Å². The van der Waals surface area contributed by atoms with Crippen molar-refractivity contribution >= 4 is 27.6 Å². The number of phenolic OH excluding ortho intramolecular Hbond substituents is 1. The Morgan fingerprint density at radius 2 is 1.76 bits per heavy atom. The zero-order chi connectivity index (χ0) is 27.9. The van der Waals surface area contributed by atoms with E-state index in [-0.39, 0.29) is 11.7 Å². The number of nitrogens with zero attached hydrogens (tertiary/aromatic N) is 5. The second-order valence-electron chi connectivity index (χ2n) is 10.5. The first-order valence-corrected chi connectivity index (χ1v) is 13.6. The van der Waals surface area contributed by atoms with Crippen molar-refractivity contribution in [3.05, 3.63) is 67.1 Å². The van der Waals surface area contributed by atoms with E-state index in [0.29, 0.717) is 39.4 Å². The summed E-state index contributed by atoms with van der Waals surface area (Å²) in [6.07, 6.45) is 13.3. The van der Waals surface area contributed by atoms with Crippen LogP contribution in [0.15, 0.2) is 61.3 Å². The molecular formula is C30H27FN8O2. The van der Waals surface area contributed by atoms with Crippen LogP contribution in [0.2, 0.25) is 0 Å². The highest BCUT2D eigenvalue weighted by Gasteiger charge is 2.22. The van der Waals surface area contributed by atoms with Crippen molar-refractivity contribution in [3.8, 4) is 39.7 Å². The molecule has 0 aliphatic heterocycles. The summed E-state index contributed by atoms with van der Waals surface area (Å²) in [5, 5.41) is 32.2. The van der Waals surface area contributed by atoms with E-state index in [0.717, 1.165) is 53.9 Å². The lowest BCUT2D eigenvalue weighted by atomic mass is 9.88. The molecule has 0 spiro atoms. The number of halogens is 1. The minimum absolute atomic E-state index is 0.177. The molecule has 0 bridgehead atoms. The minimum atomic E-state index is -0.618. The molecule has 1 atom stereocenters. The molecule has 5 aromatic heterocycles. The molecule has 11 heteroatoms. The Labute approximate surface area is 233 Å². The highest BCUT2D eigenvalue weighted by molar-refractivity contribution is 5.97. The van der Waals surface area contributed by atoms with Crippen LogP contribution in [0.1, 0.15) is 32.1 Å². The number of imidazole rings is 1. The second-order valence-corrected chi connectivity index (χ2v) is 10.5. The zero-order valence-electron chi connectivity index (χ0n) is 22.0. The van der Waals surface area contributed by atoms with Gasteiger partial charge in [0.05, 0.1) is 46.5 Å². The van der Waals surface area contributed by atoms with Gasteiger partial charge in [0, 0.05) is 40.9 Å². The quantitative estimate of drug-likeness (QED) is 0.164. The molecule has 1 aromatic carbocycles. The number of nitrogens with one attached hydrogen (secondary N) is 3. The van der Waals surface area contributed by atoms with Crippen LogP contribution >= 0.6 is 0 Å². The molecular weight excluding hydrogens is 523 g/mol. The molecule has 1 fully saturated rings. The number of pyridine rings is 3. The third kappa shape index (κ3) is 4.84. The SMILES string of the molecule is Oc1cc(F)cc(-c2cncc3[nH]c(-c4n[nH]c5cnc(-c6cncc(NC(O)C7CCCCC7)c6)cc45)nc23)c1. The Balaban J connectivity index is 1.23. The van der Waals surface area contributed by atoms with Crippen LogP contribution in [-0.4, -0.2) is 51.6 Å². The maximum atomic E-state index is 14.0. The molecule has 10 nitrogen and oxygen atoms in total. The van der Waals surface area contributed by atoms with Crippen LogP contribution in [0.4, 0.5) is 10.1 Å². The van der Waals surface area contributed by atoms with Crippen LogP contribution in [0, 0.1) is 11.7 Å². The van der Waals surface area contributed by atoms with Gasteiger partial charge in [-0.3, -0.25) is 20.1 Å². The number of aliphatic hydroxyl groups is 1. The van der Waals surface area contributed by atoms with Gasteiger partial charge < -0.3 is 20.5 Å². The molecule has 7 rings (SSSR count). The molecule has 0 radical (unpaired) electrons. The Bertz CT molecular complexity index is 1860. The smallest absolute Gasteiger partial charge is 0.159 e. The number of anilines is 1. The van der Waals surface area contributed by atoms with Crippen molar-refractivity contribution in [1.82, 2.24) is 35.1 Å². The van der Waals surface area contributed by atoms with Gasteiger partial charge in [-0.05, 0) is 42.7 Å². The number of aromatic hydroxyl groups is 1. The standard InChI is InChI=1S/C30H27FN8O2/c31-19-6-17(8-21(40)9-19)23-13-33-14-26-27(23)37-29(36-26)28-22-10-24(34-15-25(22)38-39-28)18-7-20(12-32-11-18)35-30(41)16-4-2-1-3-5-16/h6-16,30,35,40-41H,1-5H2,(H,36,37)(H,38,39). The highest BCUT2D eigenvalue weighted by Crippen LogP contribution is 2.34. The van der Waals surface area contributed by atoms with E-state index in [1.165, 1.54) is 18.6 Å². The lowest BCUT2D eigenvalue weighted by molar-refractivity contribution is 0.109. The van der Waals surface area contributed by atoms with Gasteiger partial charge in [0.2, 0.25) is 0 Å². The van der Waals surface area contributed by atoms with Gasteiger partial charge in [0.15, 0.2) is 5.82 Å². The largest absolute Gasteiger partial charge is 0.508 e. The summed E-state index contributed by atoms with van der Waals surface area (Å²) in [6.45, 7) is 0. The van der Waals surface area contributed by atoms with Crippen LogP contribution in [0.3, 0.4) is 0 Å². The van der Waals surface area contributed by atoms with E-state index >= 15 is 0 Å². The van der Waals surface area contributed by atoms with Gasteiger partial charge in [-0.25, -0.2) is 9.37 Å². The van der Waals surface area contributed by atoms with Crippen LogP contribution in [0.5, 0.6) is 5.75 Å². The van der Waals surface area contributed by atoms with E-state index in [9.17, 15) is 14.6 Å². The molecule has 5 N–H and O–H groups in total. The normalized spacial score (nSPS) is 15.0. The summed E-state index contributed by atoms with van der Waals surface area (Å²) in [7, 11) is 0. The molecule has 1 unspecified atom stereocenters. The summed E-state index contributed by atoms with van der Waals surface area (Å²) in [5.74, 6) is 0.00982. The van der Waals surface area contributed by atoms with Gasteiger partial charge >= 0.3 is 0 Å². The predicted molar refractivity (Wildman–Crippen MR) is 153 cm³/mol. The number of fused-ring (bicyclic) bond motifs is 2. The fourth-order valence-corrected chi connectivity index (χ4v) is 5.64. The summed E-state index contributed by atoms with van der Waals surface area (Å²) >= 11 is 0. The lowest BCUT2D eigenvalue weighted by Crippen LogP contribution is -2.30. The van der Waals surface area contributed by atoms with E-state index in [1.54, 1.807) is 31.0 Å². The monoisotopic (exact) mass is 550 g/mol. The Morgan fingerprint density at radius 1 is 0.902 bits per heavy atom. The second kappa shape index (κ2) is 10.3. The predicted octanol–water partition coefficient (Wildman–Crippen LogP) is 5.78. The average Bonchev–Trinajstić information content (AvgIpc) is 3.61. The highest BCUT2D eigenvalue weighted by atomic mass is 19.1. The number of benzene rings is 1. The maximum Gasteiger partial charge on any atom is 0.159 e. The Kier molecular flexibility index (Phi) is 6.27. The first-order valence-electron chi connectivity index (χ1n) is 13.6. The lowest BCUT2D eigenvalue weighted by Gasteiger charge is -2.27. The minimum Gasteiger partial charge on any atom is -0.508 e. The van der Waals surface area contributed by atoms with Crippen molar-refractivity contribution < 1.29 is 14.6 Å². The summed E-state index contributed by atoms with van der Waals surface area (Å²) in [4.78, 5) is 21.3. The van der Waals surface area contributed by atoms with Gasteiger partial charge in [0.25, 0.3) is 0 Å². The molecule has 5 heterocycles. The molecule has 41 heavy (non-hydrogen) atoms. The van der Waals surface area contributed by atoms with Crippen LogP contribution in [-0.2, 0) is 0 Å². The molecule has 1 aliphatic carbocycles. The summed E-state index contributed by atoms with van der Waals surface area (Å²) < 4.78 is 14.0. The fraction of sp³-hybridized carbons (Fsp3) is 0.233. The molecule has 0 amide bonds. The molecule has 0 saturated heterocycles. The number of aliphatic hydroxyl groups excluding tert-OH is 1. The maximum absolute atomic E-state index is 14.0. The third-order valence-electron chi connectivity index (χ3n) is 7.70. The molecule has 1 saturated carbocycles. The first-order chi connectivity index (χ1) is 20.0. The van der Waals surface area contributed by atoms with Gasteiger partial charge in [-0.1, -0.05) is 19.3 Å². The van der Waals surface area contributed by atoms with E-state index in [2.05, 4.69) is 35.5 Å². The fourth-order valence-electron chi connectivity index (χ4n) is 5.64. The topological polar surface area (TPSA) is 149 Å². The van der Waals surface area contributed by atoms with Crippen molar-refractivity contribution in [2.45, 2.75) is 38.3 Å². The first kappa shape index (κ1) is 25.1. The number of phenols is 1. The number of hydrogen-bond acceptors (Lipinski definition) is 8. The summed E-state index contributed by atoms with van der Waals surface area (Å²) in [6, 6.07) is 7.71. The van der Waals surface area contributed by atoms with Gasteiger partial charge in [-0.2, -0.15) is 5.10 Å². The molecule has 6 aromatic rings. The van der Waals surface area contributed by atoms with Gasteiger partial charge in [0.1, 0.15) is 23.5 Å². The van der Waals surface area contributed by atoms with Crippen molar-refractivity contribution in [3.63, 3.8) is 0 Å². The number of hydrogen-bond donors (Lipinski definition) is 5. The number of aromatic amines is 2. The number of rotatable bonds is 6. The Hall–Kier alpha value is -4.90. The zero-order valence-corrected chi connectivity index (χ0v) is 22.0.